The average molecular weight is 372 g/mol. The summed E-state index contributed by atoms with van der Waals surface area (Å²) in [6.07, 6.45) is 3.06. The zero-order valence-corrected chi connectivity index (χ0v) is 15.6. The van der Waals surface area contributed by atoms with Crippen LogP contribution in [0, 0.1) is 6.92 Å². The molecule has 0 amide bonds. The fourth-order valence-corrected chi connectivity index (χ4v) is 4.10. The Morgan fingerprint density at radius 2 is 1.88 bits per heavy atom. The molecule has 1 heterocycles. The molecule has 0 bridgehead atoms. The lowest BCUT2D eigenvalue weighted by Crippen LogP contribution is -2.27. The summed E-state index contributed by atoms with van der Waals surface area (Å²) in [6, 6.07) is 12.1. The van der Waals surface area contributed by atoms with Gasteiger partial charge in [-0.3, -0.25) is 0 Å². The normalized spacial score (nSPS) is 12.7. The standard InChI is InChI=1S/C18H20N4O3S/c1-13-4-9-17(25-3)18(10-13)26(23,24)21-14(2)15-5-7-16(8-6-15)22-12-19-11-20-22/h4-12,14,21H,1-3H3/t14-/m1/s1. The highest BCUT2D eigenvalue weighted by Gasteiger charge is 2.22. The van der Waals surface area contributed by atoms with Crippen LogP contribution in [0.4, 0.5) is 0 Å². The fraction of sp³-hybridized carbons (Fsp3) is 0.222. The minimum atomic E-state index is -3.73. The Morgan fingerprint density at radius 1 is 1.15 bits per heavy atom. The van der Waals surface area contributed by atoms with Crippen molar-refractivity contribution in [3.63, 3.8) is 0 Å². The predicted octanol–water partition coefficient (Wildman–Crippen LogP) is 2.62. The van der Waals surface area contributed by atoms with Gasteiger partial charge >= 0.3 is 0 Å². The predicted molar refractivity (Wildman–Crippen MR) is 97.8 cm³/mol. The minimum Gasteiger partial charge on any atom is -0.495 e. The van der Waals surface area contributed by atoms with Gasteiger partial charge in [0.05, 0.1) is 12.8 Å². The Bertz CT molecular complexity index is 984. The third-order valence-corrected chi connectivity index (χ3v) is 5.58. The van der Waals surface area contributed by atoms with Crippen molar-refractivity contribution in [2.24, 2.45) is 0 Å². The topological polar surface area (TPSA) is 86.1 Å². The number of nitrogens with zero attached hydrogens (tertiary/aromatic N) is 3. The lowest BCUT2D eigenvalue weighted by atomic mass is 10.1. The monoisotopic (exact) mass is 372 g/mol. The van der Waals surface area contributed by atoms with Crippen LogP contribution in [0.15, 0.2) is 60.0 Å². The second-order valence-electron chi connectivity index (χ2n) is 5.93. The zero-order chi connectivity index (χ0) is 18.7. The van der Waals surface area contributed by atoms with Crippen LogP contribution < -0.4 is 9.46 Å². The number of methoxy groups -OCH3 is 1. The molecule has 7 nitrogen and oxygen atoms in total. The van der Waals surface area contributed by atoms with Crippen LogP contribution in [0.2, 0.25) is 0 Å². The van der Waals surface area contributed by atoms with Crippen molar-refractivity contribution < 1.29 is 13.2 Å². The Labute approximate surface area is 152 Å². The third kappa shape index (κ3) is 3.76. The van der Waals surface area contributed by atoms with E-state index in [0.29, 0.717) is 5.75 Å². The van der Waals surface area contributed by atoms with E-state index in [2.05, 4.69) is 14.8 Å². The van der Waals surface area contributed by atoms with Gasteiger partial charge in [0.1, 0.15) is 23.3 Å². The van der Waals surface area contributed by atoms with Gasteiger partial charge in [0.2, 0.25) is 10.0 Å². The summed E-state index contributed by atoms with van der Waals surface area (Å²) in [5.74, 6) is 0.317. The van der Waals surface area contributed by atoms with Crippen LogP contribution in [0.5, 0.6) is 5.75 Å². The first-order valence-corrected chi connectivity index (χ1v) is 9.51. The number of aryl methyl sites for hydroxylation is 1. The van der Waals surface area contributed by atoms with E-state index < -0.39 is 16.1 Å². The number of benzene rings is 2. The highest BCUT2D eigenvalue weighted by molar-refractivity contribution is 7.89. The molecule has 0 unspecified atom stereocenters. The molecule has 26 heavy (non-hydrogen) atoms. The lowest BCUT2D eigenvalue weighted by Gasteiger charge is -2.17. The van der Waals surface area contributed by atoms with E-state index in [4.69, 9.17) is 4.74 Å². The second-order valence-corrected chi connectivity index (χ2v) is 7.61. The molecule has 2 aromatic carbocycles. The van der Waals surface area contributed by atoms with E-state index in [1.165, 1.54) is 13.4 Å². The van der Waals surface area contributed by atoms with E-state index in [0.717, 1.165) is 16.8 Å². The summed E-state index contributed by atoms with van der Waals surface area (Å²) in [7, 11) is -2.27. The van der Waals surface area contributed by atoms with Crippen LogP contribution in [0.3, 0.4) is 0 Å². The van der Waals surface area contributed by atoms with Crippen molar-refractivity contribution in [2.45, 2.75) is 24.8 Å². The highest BCUT2D eigenvalue weighted by atomic mass is 32.2. The molecular formula is C18H20N4O3S. The smallest absolute Gasteiger partial charge is 0.244 e. The van der Waals surface area contributed by atoms with Crippen LogP contribution in [0.25, 0.3) is 5.69 Å². The number of hydrogen-bond donors (Lipinski definition) is 1. The summed E-state index contributed by atoms with van der Waals surface area (Å²) in [6.45, 7) is 3.63. The van der Waals surface area contributed by atoms with Gasteiger partial charge in [-0.2, -0.15) is 5.10 Å². The van der Waals surface area contributed by atoms with Crippen LogP contribution in [-0.2, 0) is 10.0 Å². The Balaban J connectivity index is 1.83. The summed E-state index contributed by atoms with van der Waals surface area (Å²) in [5.41, 5.74) is 2.53. The van der Waals surface area contributed by atoms with Gasteiger partial charge in [0, 0.05) is 6.04 Å². The van der Waals surface area contributed by atoms with Crippen molar-refractivity contribution in [1.82, 2.24) is 19.5 Å². The van der Waals surface area contributed by atoms with Crippen LogP contribution >= 0.6 is 0 Å². The van der Waals surface area contributed by atoms with Gasteiger partial charge in [-0.15, -0.1) is 0 Å². The Hall–Kier alpha value is -2.71. The van der Waals surface area contributed by atoms with Gasteiger partial charge < -0.3 is 4.74 Å². The molecule has 0 spiro atoms. The summed E-state index contributed by atoms with van der Waals surface area (Å²) in [4.78, 5) is 4.04. The number of ether oxygens (including phenoxy) is 1. The molecule has 1 atom stereocenters. The van der Waals surface area contributed by atoms with E-state index in [1.807, 2.05) is 37.3 Å². The molecule has 3 rings (SSSR count). The fourth-order valence-electron chi connectivity index (χ4n) is 2.62. The molecule has 1 N–H and O–H groups in total. The molecule has 0 aliphatic carbocycles. The summed E-state index contributed by atoms with van der Waals surface area (Å²) in [5, 5.41) is 4.07. The maximum absolute atomic E-state index is 12.8. The number of hydrogen-bond acceptors (Lipinski definition) is 5. The first-order chi connectivity index (χ1) is 12.4. The molecule has 3 aromatic rings. The number of rotatable bonds is 6. The molecule has 1 aromatic heterocycles. The molecule has 0 saturated heterocycles. The molecule has 0 aliphatic heterocycles. The second kappa shape index (κ2) is 7.27. The van der Waals surface area contributed by atoms with Crippen molar-refractivity contribution in [3.8, 4) is 11.4 Å². The van der Waals surface area contributed by atoms with Crippen molar-refractivity contribution >= 4 is 10.0 Å². The summed E-state index contributed by atoms with van der Waals surface area (Å²) < 4.78 is 35.1. The van der Waals surface area contributed by atoms with Crippen molar-refractivity contribution in [1.29, 1.82) is 0 Å². The van der Waals surface area contributed by atoms with E-state index >= 15 is 0 Å². The van der Waals surface area contributed by atoms with Crippen LogP contribution in [-0.4, -0.2) is 30.3 Å². The average Bonchev–Trinajstić information content (AvgIpc) is 3.16. The molecule has 8 heteroatoms. The highest BCUT2D eigenvalue weighted by Crippen LogP contribution is 2.26. The van der Waals surface area contributed by atoms with Gasteiger partial charge in [0.25, 0.3) is 0 Å². The maximum Gasteiger partial charge on any atom is 0.244 e. The van der Waals surface area contributed by atoms with Crippen LogP contribution in [0.1, 0.15) is 24.1 Å². The van der Waals surface area contributed by atoms with Gasteiger partial charge in [-0.25, -0.2) is 22.8 Å². The molecule has 0 radical (unpaired) electrons. The molecule has 0 fully saturated rings. The van der Waals surface area contributed by atoms with Gasteiger partial charge in [0.15, 0.2) is 0 Å². The lowest BCUT2D eigenvalue weighted by molar-refractivity contribution is 0.402. The quantitative estimate of drug-likeness (QED) is 0.719. The largest absolute Gasteiger partial charge is 0.495 e. The minimum absolute atomic E-state index is 0.131. The van der Waals surface area contributed by atoms with E-state index in [9.17, 15) is 8.42 Å². The number of nitrogens with one attached hydrogen (secondary N) is 1. The van der Waals surface area contributed by atoms with Crippen molar-refractivity contribution in [3.05, 3.63) is 66.2 Å². The Kier molecular flexibility index (Phi) is 5.06. The zero-order valence-electron chi connectivity index (χ0n) is 14.7. The summed E-state index contributed by atoms with van der Waals surface area (Å²) >= 11 is 0. The molecule has 0 saturated carbocycles. The first-order valence-electron chi connectivity index (χ1n) is 8.02. The van der Waals surface area contributed by atoms with Gasteiger partial charge in [-0.05, 0) is 49.2 Å². The number of aromatic nitrogens is 3. The third-order valence-electron chi connectivity index (χ3n) is 4.02. The van der Waals surface area contributed by atoms with E-state index in [-0.39, 0.29) is 4.90 Å². The Morgan fingerprint density at radius 3 is 2.50 bits per heavy atom. The SMILES string of the molecule is COc1ccc(C)cc1S(=O)(=O)N[C@H](C)c1ccc(-n2cncn2)cc1. The maximum atomic E-state index is 12.8. The first kappa shape index (κ1) is 18.1. The van der Waals surface area contributed by atoms with E-state index in [1.54, 1.807) is 30.1 Å². The van der Waals surface area contributed by atoms with Crippen molar-refractivity contribution in [2.75, 3.05) is 7.11 Å². The molecular weight excluding hydrogens is 352 g/mol. The number of sulfonamides is 1. The van der Waals surface area contributed by atoms with Gasteiger partial charge in [-0.1, -0.05) is 18.2 Å². The molecule has 136 valence electrons. The molecule has 0 aliphatic rings.